The second kappa shape index (κ2) is 5.87. The Morgan fingerprint density at radius 2 is 1.47 bits per heavy atom. The quantitative estimate of drug-likeness (QED) is 0.433. The maximum Gasteiger partial charge on any atom is 0.0619 e. The van der Waals surface area contributed by atoms with Crippen LogP contribution in [0.3, 0.4) is 0 Å². The molecular formula is C28H20N2. The maximum atomic E-state index is 3.74. The number of nitrogens with one attached hydrogen (secondary N) is 1. The van der Waals surface area contributed by atoms with Crippen molar-refractivity contribution in [3.63, 3.8) is 0 Å². The summed E-state index contributed by atoms with van der Waals surface area (Å²) in [5.74, 6) is 0.370. The Morgan fingerprint density at radius 3 is 2.40 bits per heavy atom. The molecule has 0 saturated carbocycles. The van der Waals surface area contributed by atoms with Crippen molar-refractivity contribution in [2.75, 3.05) is 5.32 Å². The number of anilines is 1. The summed E-state index contributed by atoms with van der Waals surface area (Å²) in [6, 6.07) is 33.0. The topological polar surface area (TPSA) is 17.0 Å². The SMILES string of the molecule is C1=c2c(n(-c3ccccc3)c3c2ccc2ccccc23)=CC2Nc3ccccc3C12. The van der Waals surface area contributed by atoms with Crippen LogP contribution in [0.15, 0.2) is 91.0 Å². The van der Waals surface area contributed by atoms with E-state index in [4.69, 9.17) is 0 Å². The molecule has 1 N–H and O–H groups in total. The van der Waals surface area contributed by atoms with E-state index in [0.717, 1.165) is 0 Å². The standard InChI is InChI=1S/C28H20N2/c1-2-9-19(10-3-1)30-27-17-26-23(21-12-6-7-13-25(21)29-26)16-24(27)22-15-14-18-8-4-5-11-20(18)28(22)30/h1-17,23,26,29H. The van der Waals surface area contributed by atoms with Crippen molar-refractivity contribution in [3.8, 4) is 5.69 Å². The Hall–Kier alpha value is -3.78. The number of hydrogen-bond acceptors (Lipinski definition) is 1. The molecule has 2 aliphatic rings. The van der Waals surface area contributed by atoms with E-state index < -0.39 is 0 Å². The molecule has 2 unspecified atom stereocenters. The number of rotatable bonds is 1. The van der Waals surface area contributed by atoms with Crippen LogP contribution in [0.4, 0.5) is 5.69 Å². The van der Waals surface area contributed by atoms with Crippen LogP contribution >= 0.6 is 0 Å². The van der Waals surface area contributed by atoms with Gasteiger partial charge in [0.25, 0.3) is 0 Å². The van der Waals surface area contributed by atoms with Gasteiger partial charge in [-0.3, -0.25) is 0 Å². The Labute approximate surface area is 174 Å². The summed E-state index contributed by atoms with van der Waals surface area (Å²) in [7, 11) is 0. The number of nitrogens with zero attached hydrogens (tertiary/aromatic N) is 1. The van der Waals surface area contributed by atoms with Gasteiger partial charge in [-0.15, -0.1) is 0 Å². The van der Waals surface area contributed by atoms with Gasteiger partial charge >= 0.3 is 0 Å². The normalized spacial score (nSPS) is 18.8. The first-order valence-electron chi connectivity index (χ1n) is 10.6. The lowest BCUT2D eigenvalue weighted by Gasteiger charge is -2.17. The molecule has 0 spiro atoms. The molecular weight excluding hydrogens is 364 g/mol. The summed E-state index contributed by atoms with van der Waals surface area (Å²) >= 11 is 0. The lowest BCUT2D eigenvalue weighted by Crippen LogP contribution is -2.37. The van der Waals surface area contributed by atoms with E-state index in [9.17, 15) is 0 Å². The first-order chi connectivity index (χ1) is 14.9. The van der Waals surface area contributed by atoms with Crippen molar-refractivity contribution >= 4 is 39.5 Å². The molecule has 5 aromatic rings. The Kier molecular flexibility index (Phi) is 3.14. The molecule has 0 saturated heterocycles. The third kappa shape index (κ3) is 2.08. The fourth-order valence-electron chi connectivity index (χ4n) is 5.35. The minimum Gasteiger partial charge on any atom is -0.378 e. The molecule has 0 bridgehead atoms. The second-order valence-electron chi connectivity index (χ2n) is 8.27. The van der Waals surface area contributed by atoms with Crippen LogP contribution < -0.4 is 15.9 Å². The summed E-state index contributed by atoms with van der Waals surface area (Å²) in [5, 5.41) is 10.3. The Morgan fingerprint density at radius 1 is 0.667 bits per heavy atom. The van der Waals surface area contributed by atoms with Gasteiger partial charge in [-0.25, -0.2) is 0 Å². The van der Waals surface area contributed by atoms with Crippen LogP contribution in [0, 0.1) is 0 Å². The summed E-state index contributed by atoms with van der Waals surface area (Å²) in [4.78, 5) is 0. The first-order valence-corrected chi connectivity index (χ1v) is 10.6. The van der Waals surface area contributed by atoms with Gasteiger partial charge in [0.2, 0.25) is 0 Å². The summed E-state index contributed by atoms with van der Waals surface area (Å²) in [6.07, 6.45) is 4.91. The highest BCUT2D eigenvalue weighted by Crippen LogP contribution is 2.38. The molecule has 1 aliphatic heterocycles. The van der Waals surface area contributed by atoms with E-state index in [-0.39, 0.29) is 6.04 Å². The van der Waals surface area contributed by atoms with Gasteiger partial charge in [-0.1, -0.05) is 78.9 Å². The van der Waals surface area contributed by atoms with Crippen LogP contribution in [0.25, 0.3) is 39.5 Å². The van der Waals surface area contributed by atoms with Crippen LogP contribution in [0.1, 0.15) is 11.5 Å². The monoisotopic (exact) mass is 384 g/mol. The molecule has 2 heterocycles. The van der Waals surface area contributed by atoms with Crippen molar-refractivity contribution in [1.29, 1.82) is 0 Å². The summed E-state index contributed by atoms with van der Waals surface area (Å²) < 4.78 is 2.45. The van der Waals surface area contributed by atoms with Crippen molar-refractivity contribution in [1.82, 2.24) is 4.57 Å². The highest BCUT2D eigenvalue weighted by atomic mass is 15.0. The van der Waals surface area contributed by atoms with Crippen LogP contribution in [0.5, 0.6) is 0 Å². The molecule has 2 nitrogen and oxygen atoms in total. The van der Waals surface area contributed by atoms with Crippen molar-refractivity contribution in [2.45, 2.75) is 12.0 Å². The average molecular weight is 384 g/mol. The fraction of sp³-hybridized carbons (Fsp3) is 0.0714. The zero-order valence-electron chi connectivity index (χ0n) is 16.4. The minimum atomic E-state index is 0.285. The molecule has 0 amide bonds. The Bertz CT molecular complexity index is 1570. The number of hydrogen-bond donors (Lipinski definition) is 1. The van der Waals surface area contributed by atoms with Gasteiger partial charge in [-0.2, -0.15) is 0 Å². The van der Waals surface area contributed by atoms with Gasteiger partial charge in [0.1, 0.15) is 0 Å². The summed E-state index contributed by atoms with van der Waals surface area (Å²) in [5.41, 5.74) is 5.15. The van der Waals surface area contributed by atoms with Gasteiger partial charge in [-0.05, 0) is 35.2 Å². The molecule has 4 aromatic carbocycles. The molecule has 2 atom stereocenters. The lowest BCUT2D eigenvalue weighted by molar-refractivity contribution is 0.861. The highest BCUT2D eigenvalue weighted by molar-refractivity contribution is 6.07. The Balaban J connectivity index is 1.65. The summed E-state index contributed by atoms with van der Waals surface area (Å²) in [6.45, 7) is 0. The van der Waals surface area contributed by atoms with Crippen LogP contribution in [-0.2, 0) is 0 Å². The van der Waals surface area contributed by atoms with Crippen LogP contribution in [-0.4, -0.2) is 10.6 Å². The van der Waals surface area contributed by atoms with Crippen LogP contribution in [0.2, 0.25) is 0 Å². The first kappa shape index (κ1) is 16.1. The molecule has 142 valence electrons. The molecule has 30 heavy (non-hydrogen) atoms. The molecule has 2 heteroatoms. The van der Waals surface area contributed by atoms with Crippen molar-refractivity contribution in [3.05, 3.63) is 107 Å². The predicted molar refractivity (Wildman–Crippen MR) is 126 cm³/mol. The molecule has 0 fully saturated rings. The van der Waals surface area contributed by atoms with E-state index in [1.165, 1.54) is 49.2 Å². The molecule has 0 radical (unpaired) electrons. The van der Waals surface area contributed by atoms with Gasteiger partial charge in [0.15, 0.2) is 0 Å². The third-order valence-corrected chi connectivity index (χ3v) is 6.66. The number of benzene rings is 4. The zero-order valence-corrected chi connectivity index (χ0v) is 16.4. The zero-order chi connectivity index (χ0) is 19.7. The number of para-hydroxylation sites is 2. The predicted octanol–water partition coefficient (Wildman–Crippen LogP) is 4.94. The third-order valence-electron chi connectivity index (χ3n) is 6.66. The van der Waals surface area contributed by atoms with Crippen molar-refractivity contribution in [2.24, 2.45) is 0 Å². The van der Waals surface area contributed by atoms with E-state index in [1.54, 1.807) is 0 Å². The lowest BCUT2D eigenvalue weighted by atomic mass is 9.90. The molecule has 7 rings (SSSR count). The van der Waals surface area contributed by atoms with Crippen molar-refractivity contribution < 1.29 is 0 Å². The van der Waals surface area contributed by atoms with E-state index in [0.29, 0.717) is 5.92 Å². The maximum absolute atomic E-state index is 3.74. The minimum absolute atomic E-state index is 0.285. The molecule has 1 aromatic heterocycles. The number of fused-ring (bicyclic) bond motifs is 8. The van der Waals surface area contributed by atoms with Gasteiger partial charge < -0.3 is 9.88 Å². The highest BCUT2D eigenvalue weighted by Gasteiger charge is 2.31. The van der Waals surface area contributed by atoms with Gasteiger partial charge in [0.05, 0.1) is 16.9 Å². The van der Waals surface area contributed by atoms with E-state index >= 15 is 0 Å². The number of aromatic nitrogens is 1. The largest absolute Gasteiger partial charge is 0.378 e. The smallest absolute Gasteiger partial charge is 0.0619 e. The van der Waals surface area contributed by atoms with Gasteiger partial charge in [0, 0.05) is 33.3 Å². The van der Waals surface area contributed by atoms with E-state index in [1.807, 2.05) is 0 Å². The average Bonchev–Trinajstić information content (AvgIpc) is 3.33. The molecule has 1 aliphatic carbocycles. The fourth-order valence-corrected chi connectivity index (χ4v) is 5.35. The van der Waals surface area contributed by atoms with E-state index in [2.05, 4.69) is 113 Å². The second-order valence-corrected chi connectivity index (χ2v) is 8.27.